The molecule has 2 aliphatic carbocycles. The first-order chi connectivity index (χ1) is 20.3. The van der Waals surface area contributed by atoms with Crippen molar-refractivity contribution in [2.24, 2.45) is 22.9 Å². The molecule has 0 aromatic heterocycles. The molecule has 2 aliphatic heterocycles. The van der Waals surface area contributed by atoms with E-state index in [0.717, 1.165) is 19.3 Å². The highest BCUT2D eigenvalue weighted by atomic mass is 16.7. The molecule has 1 amide bonds. The van der Waals surface area contributed by atoms with Crippen LogP contribution in [0.3, 0.4) is 0 Å². The summed E-state index contributed by atoms with van der Waals surface area (Å²) in [6.45, 7) is 2.10. The van der Waals surface area contributed by atoms with Gasteiger partial charge in [-0.15, -0.1) is 0 Å². The molecule has 0 radical (unpaired) electrons. The van der Waals surface area contributed by atoms with Gasteiger partial charge in [-0.2, -0.15) is 0 Å². The average Bonchev–Trinajstić information content (AvgIpc) is 2.94. The summed E-state index contributed by atoms with van der Waals surface area (Å²) in [7, 11) is 1.58. The highest BCUT2D eigenvalue weighted by molar-refractivity contribution is 5.81. The van der Waals surface area contributed by atoms with Crippen LogP contribution in [0.4, 0.5) is 0 Å². The van der Waals surface area contributed by atoms with Gasteiger partial charge in [-0.1, -0.05) is 0 Å². The van der Waals surface area contributed by atoms with E-state index in [-0.39, 0.29) is 25.1 Å². The maximum atomic E-state index is 12.6. The average molecular weight is 618 g/mol. The Morgan fingerprint density at radius 3 is 2.49 bits per heavy atom. The molecule has 0 unspecified atom stereocenters. The Labute approximate surface area is 251 Å². The molecule has 43 heavy (non-hydrogen) atoms. The predicted octanol–water partition coefficient (Wildman–Crippen LogP) is -4.86. The van der Waals surface area contributed by atoms with E-state index in [4.69, 9.17) is 41.9 Å². The molecular weight excluding hydrogens is 566 g/mol. The number of hydrogen-bond acceptors (Lipinski definition) is 15. The predicted molar refractivity (Wildman–Crippen MR) is 154 cm³/mol. The van der Waals surface area contributed by atoms with Crippen molar-refractivity contribution in [3.63, 3.8) is 0 Å². The second-order valence-corrected chi connectivity index (χ2v) is 12.6. The Hall–Kier alpha value is -1.51. The molecule has 4 aliphatic rings. The van der Waals surface area contributed by atoms with E-state index in [9.17, 15) is 25.2 Å². The number of ether oxygens (including phenoxy) is 4. The van der Waals surface area contributed by atoms with Crippen LogP contribution in [0.1, 0.15) is 39.0 Å². The summed E-state index contributed by atoms with van der Waals surface area (Å²) in [5, 5.41) is 51.9. The van der Waals surface area contributed by atoms with E-state index in [0.29, 0.717) is 25.3 Å². The Bertz CT molecular complexity index is 971. The second-order valence-electron chi connectivity index (χ2n) is 12.6. The number of nitrogens with two attached hydrogens (primary N) is 4. The van der Waals surface area contributed by atoms with Gasteiger partial charge in [-0.3, -0.25) is 4.79 Å². The minimum Gasteiger partial charge on any atom is -0.467 e. The molecule has 0 bridgehead atoms. The zero-order chi connectivity index (χ0) is 31.5. The number of carbonyl (C=O) groups excluding carboxylic acids is 1. The Balaban J connectivity index is 1.46. The Morgan fingerprint density at radius 1 is 1.16 bits per heavy atom. The fourth-order valence-electron chi connectivity index (χ4n) is 6.15. The van der Waals surface area contributed by atoms with Crippen molar-refractivity contribution >= 4 is 5.91 Å². The third kappa shape index (κ3) is 8.02. The van der Waals surface area contributed by atoms with Gasteiger partial charge in [0.05, 0.1) is 31.3 Å². The fourth-order valence-corrected chi connectivity index (χ4v) is 6.15. The third-order valence-corrected chi connectivity index (χ3v) is 8.96. The van der Waals surface area contributed by atoms with E-state index in [2.05, 4.69) is 16.0 Å². The summed E-state index contributed by atoms with van der Waals surface area (Å²) < 4.78 is 23.9. The van der Waals surface area contributed by atoms with Crippen LogP contribution < -0.4 is 38.9 Å². The summed E-state index contributed by atoms with van der Waals surface area (Å²) in [6, 6.07) is -3.09. The molecule has 0 spiro atoms. The zero-order valence-corrected chi connectivity index (χ0v) is 24.9. The van der Waals surface area contributed by atoms with Gasteiger partial charge in [0.2, 0.25) is 12.2 Å². The van der Waals surface area contributed by atoms with Crippen molar-refractivity contribution in [2.45, 2.75) is 117 Å². The molecule has 1 saturated heterocycles. The van der Waals surface area contributed by atoms with Crippen LogP contribution in [-0.2, 0) is 23.7 Å². The van der Waals surface area contributed by atoms with Crippen molar-refractivity contribution in [1.82, 2.24) is 16.0 Å². The van der Waals surface area contributed by atoms with Crippen LogP contribution in [0.15, 0.2) is 11.8 Å². The molecule has 16 nitrogen and oxygen atoms in total. The second kappa shape index (κ2) is 14.3. The maximum Gasteiger partial charge on any atom is 0.250 e. The Morgan fingerprint density at radius 2 is 1.86 bits per heavy atom. The first-order valence-electron chi connectivity index (χ1n) is 15.0. The monoisotopic (exact) mass is 617 g/mol. The molecule has 4 rings (SSSR count). The van der Waals surface area contributed by atoms with Crippen LogP contribution in [-0.4, -0.2) is 138 Å². The number of nitrogens with one attached hydrogen (secondary N) is 3. The summed E-state index contributed by atoms with van der Waals surface area (Å²) in [6.07, 6.45) is -3.28. The van der Waals surface area contributed by atoms with E-state index < -0.39 is 78.8 Å². The number of likely N-dealkylation sites (N-methyl/N-ethyl adjacent to an activating group) is 1. The number of hydrogen-bond donors (Lipinski definition) is 11. The number of amides is 1. The van der Waals surface area contributed by atoms with E-state index >= 15 is 0 Å². The summed E-state index contributed by atoms with van der Waals surface area (Å²) in [5.41, 5.74) is 22.9. The Kier molecular flexibility index (Phi) is 11.4. The first kappa shape index (κ1) is 34.4. The molecule has 16 heteroatoms. The minimum atomic E-state index is -1.49. The number of aliphatic hydroxyl groups excluding tert-OH is 3. The van der Waals surface area contributed by atoms with Crippen molar-refractivity contribution in [1.29, 1.82) is 0 Å². The van der Waals surface area contributed by atoms with Crippen LogP contribution in [0.25, 0.3) is 0 Å². The molecule has 12 atom stereocenters. The molecular formula is C27H51N7O9. The van der Waals surface area contributed by atoms with Crippen LogP contribution in [0.2, 0.25) is 0 Å². The van der Waals surface area contributed by atoms with Crippen LogP contribution >= 0.6 is 0 Å². The standard InChI is InChI=1S/C27H51N7O9/c1-26(39)12-40-25(19(37)22(26)32-2)43-21-16(34-23(38)17(35)9-28)8-15(30)20(18(21)36)42-24-14(29)5-4-13(41-24)10-33-11-27(31)6-3-7-27/h4,14-22,24-25,32-33,35-37,39H,3,5-12,28-31H2,1-2H3,(H,34,38)/t14-,15+,16-,17+,18+,19-,20-,21+,22-,24-,25-,26+/m1/s1. The van der Waals surface area contributed by atoms with Crippen molar-refractivity contribution < 1.29 is 44.2 Å². The zero-order valence-electron chi connectivity index (χ0n) is 24.9. The summed E-state index contributed by atoms with van der Waals surface area (Å²) >= 11 is 0. The van der Waals surface area contributed by atoms with Crippen LogP contribution in [0, 0.1) is 0 Å². The smallest absolute Gasteiger partial charge is 0.250 e. The maximum absolute atomic E-state index is 12.6. The topological polar surface area (TPSA) is 275 Å². The van der Waals surface area contributed by atoms with Gasteiger partial charge < -0.3 is 78.3 Å². The van der Waals surface area contributed by atoms with Crippen LogP contribution in [0.5, 0.6) is 0 Å². The first-order valence-corrected chi connectivity index (χ1v) is 15.0. The van der Waals surface area contributed by atoms with Crippen molar-refractivity contribution in [2.75, 3.05) is 33.3 Å². The normalized spacial score (nSPS) is 41.9. The largest absolute Gasteiger partial charge is 0.467 e. The number of aliphatic hydroxyl groups is 4. The molecule has 15 N–H and O–H groups in total. The summed E-state index contributed by atoms with van der Waals surface area (Å²) in [5.74, 6) is -0.145. The molecule has 3 fully saturated rings. The van der Waals surface area contributed by atoms with E-state index in [1.807, 2.05) is 6.08 Å². The lowest BCUT2D eigenvalue weighted by Gasteiger charge is -2.49. The van der Waals surface area contributed by atoms with Gasteiger partial charge in [-0.25, -0.2) is 0 Å². The fraction of sp³-hybridized carbons (Fsp3) is 0.889. The number of rotatable bonds is 12. The molecule has 248 valence electrons. The molecule has 2 heterocycles. The van der Waals surface area contributed by atoms with Crippen molar-refractivity contribution in [3.8, 4) is 0 Å². The molecule has 2 saturated carbocycles. The van der Waals surface area contributed by atoms with E-state index in [1.165, 1.54) is 6.92 Å². The van der Waals surface area contributed by atoms with Gasteiger partial charge in [0.1, 0.15) is 41.9 Å². The lowest BCUT2D eigenvalue weighted by molar-refractivity contribution is -0.304. The van der Waals surface area contributed by atoms with E-state index in [1.54, 1.807) is 7.05 Å². The van der Waals surface area contributed by atoms with Crippen molar-refractivity contribution in [3.05, 3.63) is 11.8 Å². The lowest BCUT2D eigenvalue weighted by Crippen LogP contribution is -2.69. The molecule has 0 aromatic rings. The number of carbonyl (C=O) groups is 1. The van der Waals surface area contributed by atoms with Gasteiger partial charge >= 0.3 is 0 Å². The van der Waals surface area contributed by atoms with Gasteiger partial charge in [-0.05, 0) is 52.2 Å². The van der Waals surface area contributed by atoms with Gasteiger partial charge in [0.25, 0.3) is 0 Å². The lowest BCUT2D eigenvalue weighted by atomic mass is 9.78. The minimum absolute atomic E-state index is 0.0657. The highest BCUT2D eigenvalue weighted by Gasteiger charge is 2.52. The molecule has 0 aromatic carbocycles. The van der Waals surface area contributed by atoms with Gasteiger partial charge in [0, 0.05) is 24.7 Å². The quantitative estimate of drug-likeness (QED) is 0.0979. The third-order valence-electron chi connectivity index (χ3n) is 8.96. The summed E-state index contributed by atoms with van der Waals surface area (Å²) in [4.78, 5) is 12.6. The van der Waals surface area contributed by atoms with Gasteiger partial charge in [0.15, 0.2) is 6.29 Å². The highest BCUT2D eigenvalue weighted by Crippen LogP contribution is 2.32. The SMILES string of the molecule is CN[C@@H]1[C@@H](O)[C@@H](O[C@@H]2[C@@H](O)[C@H](O[C@H]3OC(CNCC4(N)CCC4)=CC[C@H]3N)[C@@H](N)C[C@H]2NC(=O)[C@@H](O)CN)OC[C@]1(C)O.